The van der Waals surface area contributed by atoms with E-state index in [1.165, 1.54) is 0 Å². The van der Waals surface area contributed by atoms with Crippen molar-refractivity contribution in [3.05, 3.63) is 10.7 Å². The van der Waals surface area contributed by atoms with Gasteiger partial charge in [0, 0.05) is 31.7 Å². The van der Waals surface area contributed by atoms with Crippen LogP contribution in [0.3, 0.4) is 0 Å². The van der Waals surface area contributed by atoms with E-state index in [2.05, 4.69) is 28.6 Å². The smallest absolute Gasteiger partial charge is 0.410 e. The van der Waals surface area contributed by atoms with Crippen LogP contribution in [0, 0.1) is 0 Å². The topological polar surface area (TPSA) is 71.0 Å². The van der Waals surface area contributed by atoms with E-state index in [1.807, 2.05) is 20.8 Å². The summed E-state index contributed by atoms with van der Waals surface area (Å²) in [6.07, 6.45) is 1.42. The highest BCUT2D eigenvalue weighted by Gasteiger charge is 2.45. The molecule has 0 spiro atoms. The molecule has 2 unspecified atom stereocenters. The number of ether oxygens (including phenoxy) is 2. The van der Waals surface area contributed by atoms with Crippen molar-refractivity contribution in [2.75, 3.05) is 49.2 Å². The second-order valence-corrected chi connectivity index (χ2v) is 10.1. The monoisotopic (exact) mass is 437 g/mol. The molecule has 3 aliphatic heterocycles. The quantitative estimate of drug-likeness (QED) is 0.658. The first-order valence-electron chi connectivity index (χ1n) is 10.7. The van der Waals surface area contributed by atoms with Crippen LogP contribution in [-0.4, -0.2) is 77.5 Å². The summed E-state index contributed by atoms with van der Waals surface area (Å²) in [5.41, 5.74) is 0.285. The molecule has 9 heteroatoms. The molecule has 166 valence electrons. The summed E-state index contributed by atoms with van der Waals surface area (Å²) in [6.45, 7) is 14.1. The van der Waals surface area contributed by atoms with E-state index >= 15 is 0 Å². The lowest BCUT2D eigenvalue weighted by atomic mass is 9.99. The molecule has 0 aliphatic carbocycles. The molecule has 1 aromatic rings. The molecule has 1 amide bonds. The summed E-state index contributed by atoms with van der Waals surface area (Å²) in [7, 11) is 0. The maximum Gasteiger partial charge on any atom is 0.410 e. The number of likely N-dealkylation sites (tertiary alicyclic amines) is 1. The van der Waals surface area contributed by atoms with Gasteiger partial charge < -0.3 is 24.2 Å². The average molecular weight is 438 g/mol. The van der Waals surface area contributed by atoms with Gasteiger partial charge in [-0.05, 0) is 47.5 Å². The fourth-order valence-electron chi connectivity index (χ4n) is 4.53. The number of nitrogens with zero attached hydrogens (tertiary/aromatic N) is 5. The van der Waals surface area contributed by atoms with Crippen molar-refractivity contribution < 1.29 is 14.3 Å². The average Bonchev–Trinajstić information content (AvgIpc) is 3.26. The minimum absolute atomic E-state index is 0.201. The Kier molecular flexibility index (Phi) is 5.51. The fourth-order valence-corrected chi connectivity index (χ4v) is 4.78. The van der Waals surface area contributed by atoms with Gasteiger partial charge in [-0.2, -0.15) is 4.98 Å². The third kappa shape index (κ3) is 4.04. The number of rotatable bonds is 2. The van der Waals surface area contributed by atoms with Crippen molar-refractivity contribution in [1.29, 1.82) is 0 Å². The molecule has 2 saturated heterocycles. The number of carbonyl (C=O) groups excluding carboxylic acids is 1. The fraction of sp³-hybridized carbons (Fsp3) is 0.762. The molecule has 2 atom stereocenters. The normalized spacial score (nSPS) is 26.9. The Balaban J connectivity index is 1.57. The summed E-state index contributed by atoms with van der Waals surface area (Å²) in [5.74, 6) is 1.56. The Hall–Kier alpha value is -1.80. The maximum absolute atomic E-state index is 12.6. The van der Waals surface area contributed by atoms with E-state index in [0.717, 1.165) is 37.3 Å². The zero-order valence-electron chi connectivity index (χ0n) is 18.6. The van der Waals surface area contributed by atoms with Gasteiger partial charge in [0.1, 0.15) is 16.6 Å². The maximum atomic E-state index is 12.6. The zero-order chi connectivity index (χ0) is 21.7. The van der Waals surface area contributed by atoms with E-state index < -0.39 is 5.60 Å². The van der Waals surface area contributed by atoms with Crippen molar-refractivity contribution in [3.8, 4) is 0 Å². The van der Waals surface area contributed by atoms with Gasteiger partial charge in [0.25, 0.3) is 0 Å². The van der Waals surface area contributed by atoms with Crippen molar-refractivity contribution in [2.45, 2.75) is 64.6 Å². The molecule has 0 saturated carbocycles. The van der Waals surface area contributed by atoms with E-state index in [0.29, 0.717) is 37.4 Å². The third-order valence-electron chi connectivity index (χ3n) is 6.14. The second kappa shape index (κ2) is 7.71. The molecule has 4 heterocycles. The van der Waals surface area contributed by atoms with Crippen LogP contribution in [0.2, 0.25) is 5.15 Å². The lowest BCUT2D eigenvalue weighted by molar-refractivity contribution is 0.0285. The summed E-state index contributed by atoms with van der Waals surface area (Å²) in [5, 5.41) is 0.529. The van der Waals surface area contributed by atoms with Crippen molar-refractivity contribution in [2.24, 2.45) is 0 Å². The highest BCUT2D eigenvalue weighted by Crippen LogP contribution is 2.40. The molecule has 30 heavy (non-hydrogen) atoms. The first kappa shape index (κ1) is 21.4. The highest BCUT2D eigenvalue weighted by atomic mass is 35.5. The predicted octanol–water partition coefficient (Wildman–Crippen LogP) is 3.12. The molecule has 0 bridgehead atoms. The summed E-state index contributed by atoms with van der Waals surface area (Å²) >= 11 is 6.59. The van der Waals surface area contributed by atoms with E-state index in [-0.39, 0.29) is 17.7 Å². The van der Waals surface area contributed by atoms with Crippen LogP contribution in [0.4, 0.5) is 16.6 Å². The Morgan fingerprint density at radius 3 is 2.73 bits per heavy atom. The van der Waals surface area contributed by atoms with Crippen LogP contribution < -0.4 is 9.80 Å². The van der Waals surface area contributed by atoms with Gasteiger partial charge in [-0.3, -0.25) is 0 Å². The summed E-state index contributed by atoms with van der Waals surface area (Å²) < 4.78 is 11.1. The van der Waals surface area contributed by atoms with E-state index in [4.69, 9.17) is 26.1 Å². The largest absolute Gasteiger partial charge is 0.444 e. The first-order chi connectivity index (χ1) is 14.1. The van der Waals surface area contributed by atoms with Crippen molar-refractivity contribution >= 4 is 29.5 Å². The number of carbonyl (C=O) groups is 1. The predicted molar refractivity (Wildman–Crippen MR) is 117 cm³/mol. The lowest BCUT2D eigenvalue weighted by Crippen LogP contribution is -2.49. The Bertz CT molecular complexity index is 830. The zero-order valence-corrected chi connectivity index (χ0v) is 19.3. The molecule has 4 rings (SSSR count). The van der Waals surface area contributed by atoms with Crippen LogP contribution >= 0.6 is 11.6 Å². The number of aromatic nitrogens is 2. The van der Waals surface area contributed by atoms with Gasteiger partial charge in [0.05, 0.1) is 24.8 Å². The molecule has 0 N–H and O–H groups in total. The molecule has 3 aliphatic rings. The van der Waals surface area contributed by atoms with Crippen LogP contribution in [-0.2, 0) is 15.9 Å². The van der Waals surface area contributed by atoms with Crippen molar-refractivity contribution in [3.63, 3.8) is 0 Å². The molecule has 2 fully saturated rings. The van der Waals surface area contributed by atoms with Gasteiger partial charge in [0.2, 0.25) is 5.95 Å². The minimum atomic E-state index is -0.499. The minimum Gasteiger partial charge on any atom is -0.444 e. The number of morpholine rings is 1. The Morgan fingerprint density at radius 1 is 1.27 bits per heavy atom. The summed E-state index contributed by atoms with van der Waals surface area (Å²) in [4.78, 5) is 28.4. The Morgan fingerprint density at radius 2 is 2.03 bits per heavy atom. The first-order valence-corrected chi connectivity index (χ1v) is 11.1. The van der Waals surface area contributed by atoms with Gasteiger partial charge in [-0.15, -0.1) is 0 Å². The SMILES string of the molecule is CC1COCCN1c1nc(Cl)c2c(n1)N(C1(C)CCN(C(=O)OC(C)(C)C)C1)CC2. The van der Waals surface area contributed by atoms with Gasteiger partial charge in [-0.1, -0.05) is 11.6 Å². The van der Waals surface area contributed by atoms with Crippen LogP contribution in [0.1, 0.15) is 46.6 Å². The van der Waals surface area contributed by atoms with Crippen LogP contribution in [0.25, 0.3) is 0 Å². The molecular weight excluding hydrogens is 406 g/mol. The molecule has 0 radical (unpaired) electrons. The lowest BCUT2D eigenvalue weighted by Gasteiger charge is -2.38. The van der Waals surface area contributed by atoms with Gasteiger partial charge in [0.15, 0.2) is 0 Å². The molecule has 0 aromatic carbocycles. The highest BCUT2D eigenvalue weighted by molar-refractivity contribution is 6.30. The second-order valence-electron chi connectivity index (χ2n) is 9.78. The van der Waals surface area contributed by atoms with Crippen molar-refractivity contribution in [1.82, 2.24) is 14.9 Å². The van der Waals surface area contributed by atoms with Crippen LogP contribution in [0.5, 0.6) is 0 Å². The molecule has 8 nitrogen and oxygen atoms in total. The van der Waals surface area contributed by atoms with Crippen LogP contribution in [0.15, 0.2) is 0 Å². The number of hydrogen-bond donors (Lipinski definition) is 0. The standard InChI is InChI=1S/C21H32ClN5O3/c1-14-12-29-11-10-26(14)18-23-16(22)15-6-8-27(17(15)24-18)21(5)7-9-25(13-21)19(28)30-20(2,3)4/h14H,6-13H2,1-5H3. The third-order valence-corrected chi connectivity index (χ3v) is 6.46. The van der Waals surface area contributed by atoms with E-state index in [9.17, 15) is 4.79 Å². The Labute approximate surface area is 183 Å². The van der Waals surface area contributed by atoms with E-state index in [1.54, 1.807) is 4.90 Å². The number of amides is 1. The summed E-state index contributed by atoms with van der Waals surface area (Å²) in [6, 6.07) is 0.201. The number of hydrogen-bond acceptors (Lipinski definition) is 7. The number of fused-ring (bicyclic) bond motifs is 1. The molecular formula is C21H32ClN5O3. The number of halogens is 1. The number of anilines is 2. The van der Waals surface area contributed by atoms with Gasteiger partial charge in [-0.25, -0.2) is 9.78 Å². The molecule has 1 aromatic heterocycles. The van der Waals surface area contributed by atoms with Gasteiger partial charge >= 0.3 is 6.09 Å².